The third-order valence-electron chi connectivity index (χ3n) is 5.82. The van der Waals surface area contributed by atoms with Crippen LogP contribution in [0.1, 0.15) is 20.9 Å². The molecular formula is C30H29N5O6S2. The van der Waals surface area contributed by atoms with Crippen LogP contribution < -0.4 is 30.2 Å². The van der Waals surface area contributed by atoms with E-state index in [2.05, 4.69) is 26.1 Å². The van der Waals surface area contributed by atoms with E-state index in [1.54, 1.807) is 66.7 Å². The molecule has 0 bridgehead atoms. The zero-order valence-corrected chi connectivity index (χ0v) is 25.4. The summed E-state index contributed by atoms with van der Waals surface area (Å²) in [4.78, 5) is 39.5. The predicted octanol–water partition coefficient (Wildman–Crippen LogP) is 5.01. The van der Waals surface area contributed by atoms with Gasteiger partial charge < -0.3 is 24.8 Å². The lowest BCUT2D eigenvalue weighted by Crippen LogP contribution is -2.30. The minimum atomic E-state index is -0.562. The van der Waals surface area contributed by atoms with E-state index >= 15 is 0 Å². The smallest absolute Gasteiger partial charge is 0.272 e. The molecule has 0 saturated carbocycles. The molecule has 4 rings (SSSR count). The fraction of sp³-hybridized carbons (Fsp3) is 0.167. The number of amides is 3. The van der Waals surface area contributed by atoms with Crippen LogP contribution in [0.25, 0.3) is 6.08 Å². The number of aromatic nitrogens is 2. The van der Waals surface area contributed by atoms with Crippen LogP contribution >= 0.6 is 23.1 Å². The number of ether oxygens (including phenoxy) is 3. The first kappa shape index (κ1) is 31.1. The SMILES string of the molecule is COc1ccc(C=C(NC(=O)c2ccccc2)C(=O)Nc2ccc(SCC(=O)Nc3nnc(C)s3)cc2)c(OC)c1OC. The Bertz CT molecular complexity index is 1620. The maximum atomic E-state index is 13.5. The summed E-state index contributed by atoms with van der Waals surface area (Å²) in [5.74, 6) is 0.0644. The molecule has 3 amide bonds. The number of benzene rings is 3. The molecule has 1 heterocycles. The standard InChI is InChI=1S/C30H29N5O6S2/c1-18-34-35-30(43-18)33-25(36)17-42-22-13-11-21(12-14-22)31-29(38)23(32-28(37)19-8-6-5-7-9-19)16-20-10-15-24(39-2)27(41-4)26(20)40-3/h5-16H,17H2,1-4H3,(H,31,38)(H,32,37)(H,33,35,36). The zero-order valence-electron chi connectivity index (χ0n) is 23.8. The topological polar surface area (TPSA) is 141 Å². The number of rotatable bonds is 12. The van der Waals surface area contributed by atoms with Crippen molar-refractivity contribution in [1.82, 2.24) is 15.5 Å². The lowest BCUT2D eigenvalue weighted by molar-refractivity contribution is -0.114. The number of methoxy groups -OCH3 is 3. The number of hydrogen-bond acceptors (Lipinski definition) is 10. The molecule has 43 heavy (non-hydrogen) atoms. The van der Waals surface area contributed by atoms with Crippen LogP contribution in [0.3, 0.4) is 0 Å². The molecule has 13 heteroatoms. The summed E-state index contributed by atoms with van der Waals surface area (Å²) in [7, 11) is 4.45. The molecule has 0 aliphatic carbocycles. The van der Waals surface area contributed by atoms with E-state index in [9.17, 15) is 14.4 Å². The number of nitrogens with one attached hydrogen (secondary N) is 3. The van der Waals surface area contributed by atoms with Crippen molar-refractivity contribution in [3.8, 4) is 17.2 Å². The highest BCUT2D eigenvalue weighted by Crippen LogP contribution is 2.40. The third-order valence-corrected chi connectivity index (χ3v) is 7.58. The molecule has 0 atom stereocenters. The second kappa shape index (κ2) is 14.8. The third kappa shape index (κ3) is 8.33. The van der Waals surface area contributed by atoms with Gasteiger partial charge in [-0.1, -0.05) is 29.5 Å². The monoisotopic (exact) mass is 619 g/mol. The summed E-state index contributed by atoms with van der Waals surface area (Å²) in [6, 6.07) is 18.9. The summed E-state index contributed by atoms with van der Waals surface area (Å²) in [6.07, 6.45) is 1.50. The second-order valence-electron chi connectivity index (χ2n) is 8.74. The Morgan fingerprint density at radius 1 is 0.860 bits per heavy atom. The van der Waals surface area contributed by atoms with Crippen LogP contribution in [-0.2, 0) is 9.59 Å². The molecule has 0 aliphatic heterocycles. The minimum absolute atomic E-state index is 0.0265. The van der Waals surface area contributed by atoms with Crippen molar-refractivity contribution in [1.29, 1.82) is 0 Å². The van der Waals surface area contributed by atoms with Crippen LogP contribution in [0.5, 0.6) is 17.2 Å². The van der Waals surface area contributed by atoms with Crippen molar-refractivity contribution >= 4 is 57.7 Å². The van der Waals surface area contributed by atoms with Gasteiger partial charge in [-0.2, -0.15) is 0 Å². The summed E-state index contributed by atoms with van der Waals surface area (Å²) in [5.41, 5.74) is 1.32. The van der Waals surface area contributed by atoms with Crippen molar-refractivity contribution in [2.75, 3.05) is 37.7 Å². The normalized spacial score (nSPS) is 10.9. The van der Waals surface area contributed by atoms with E-state index < -0.39 is 11.8 Å². The van der Waals surface area contributed by atoms with Gasteiger partial charge in [-0.05, 0) is 61.5 Å². The minimum Gasteiger partial charge on any atom is -0.493 e. The Morgan fingerprint density at radius 2 is 1.58 bits per heavy atom. The molecule has 11 nitrogen and oxygen atoms in total. The fourth-order valence-corrected chi connectivity index (χ4v) is 5.13. The number of carbonyl (C=O) groups is 3. The summed E-state index contributed by atoms with van der Waals surface area (Å²) in [5, 5.41) is 17.2. The number of nitrogens with zero attached hydrogens (tertiary/aromatic N) is 2. The first-order valence-electron chi connectivity index (χ1n) is 12.8. The number of hydrogen-bond donors (Lipinski definition) is 3. The predicted molar refractivity (Wildman–Crippen MR) is 167 cm³/mol. The average Bonchev–Trinajstić information content (AvgIpc) is 3.44. The molecule has 4 aromatic rings. The Labute approximate surface area is 256 Å². The van der Waals surface area contributed by atoms with E-state index in [1.807, 2.05) is 6.92 Å². The number of carbonyl (C=O) groups excluding carboxylic acids is 3. The van der Waals surface area contributed by atoms with E-state index in [0.29, 0.717) is 39.2 Å². The van der Waals surface area contributed by atoms with Gasteiger partial charge >= 0.3 is 0 Å². The van der Waals surface area contributed by atoms with Gasteiger partial charge in [0, 0.05) is 21.7 Å². The molecule has 0 spiro atoms. The lowest BCUT2D eigenvalue weighted by atomic mass is 10.1. The largest absolute Gasteiger partial charge is 0.493 e. The summed E-state index contributed by atoms with van der Waals surface area (Å²) >= 11 is 2.64. The first-order valence-corrected chi connectivity index (χ1v) is 14.6. The Hall–Kier alpha value is -4.88. The molecule has 0 aliphatic rings. The fourth-order valence-electron chi connectivity index (χ4n) is 3.82. The molecule has 0 fully saturated rings. The molecule has 3 aromatic carbocycles. The maximum Gasteiger partial charge on any atom is 0.272 e. The van der Waals surface area contributed by atoms with Gasteiger partial charge in [0.1, 0.15) is 10.7 Å². The van der Waals surface area contributed by atoms with Gasteiger partial charge in [0.15, 0.2) is 11.5 Å². The van der Waals surface area contributed by atoms with Crippen LogP contribution in [0.4, 0.5) is 10.8 Å². The molecule has 222 valence electrons. The highest BCUT2D eigenvalue weighted by molar-refractivity contribution is 8.00. The number of thioether (sulfide) groups is 1. The summed E-state index contributed by atoms with van der Waals surface area (Å²) in [6.45, 7) is 1.81. The van der Waals surface area contributed by atoms with E-state index in [-0.39, 0.29) is 17.4 Å². The highest BCUT2D eigenvalue weighted by atomic mass is 32.2. The molecule has 3 N–H and O–H groups in total. The van der Waals surface area contributed by atoms with Crippen molar-refractivity contribution in [3.63, 3.8) is 0 Å². The van der Waals surface area contributed by atoms with Gasteiger partial charge in [-0.25, -0.2) is 0 Å². The van der Waals surface area contributed by atoms with Gasteiger partial charge in [0.25, 0.3) is 11.8 Å². The Balaban J connectivity index is 1.51. The highest BCUT2D eigenvalue weighted by Gasteiger charge is 2.19. The molecule has 0 unspecified atom stereocenters. The first-order chi connectivity index (χ1) is 20.8. The molecule has 1 aromatic heterocycles. The van der Waals surface area contributed by atoms with Crippen molar-refractivity contribution < 1.29 is 28.6 Å². The Kier molecular flexibility index (Phi) is 10.7. The van der Waals surface area contributed by atoms with E-state index in [4.69, 9.17) is 14.2 Å². The Morgan fingerprint density at radius 3 is 2.21 bits per heavy atom. The second-order valence-corrected chi connectivity index (χ2v) is 11.0. The van der Waals surface area contributed by atoms with Gasteiger partial charge in [0.05, 0.1) is 27.1 Å². The van der Waals surface area contributed by atoms with Gasteiger partial charge in [-0.15, -0.1) is 22.0 Å². The van der Waals surface area contributed by atoms with Gasteiger partial charge in [-0.3, -0.25) is 19.7 Å². The zero-order chi connectivity index (χ0) is 30.8. The lowest BCUT2D eigenvalue weighted by Gasteiger charge is -2.16. The van der Waals surface area contributed by atoms with Crippen molar-refractivity contribution in [3.05, 3.63) is 88.6 Å². The average molecular weight is 620 g/mol. The molecule has 0 saturated heterocycles. The van der Waals surface area contributed by atoms with Gasteiger partial charge in [0.2, 0.25) is 16.8 Å². The van der Waals surface area contributed by atoms with Crippen LogP contribution in [0, 0.1) is 6.92 Å². The molecule has 0 radical (unpaired) electrons. The number of anilines is 2. The van der Waals surface area contributed by atoms with Crippen LogP contribution in [-0.4, -0.2) is 55.0 Å². The summed E-state index contributed by atoms with van der Waals surface area (Å²) < 4.78 is 16.4. The molecular weight excluding hydrogens is 590 g/mol. The quantitative estimate of drug-likeness (QED) is 0.147. The maximum absolute atomic E-state index is 13.5. The van der Waals surface area contributed by atoms with Crippen LogP contribution in [0.2, 0.25) is 0 Å². The van der Waals surface area contributed by atoms with Crippen LogP contribution in [0.15, 0.2) is 77.3 Å². The van der Waals surface area contributed by atoms with Crippen molar-refractivity contribution in [2.45, 2.75) is 11.8 Å². The van der Waals surface area contributed by atoms with E-state index in [1.165, 1.54) is 50.5 Å². The number of aryl methyl sites for hydroxylation is 1. The van der Waals surface area contributed by atoms with E-state index in [0.717, 1.165) is 9.90 Å². The van der Waals surface area contributed by atoms with Crippen molar-refractivity contribution in [2.24, 2.45) is 0 Å².